The van der Waals surface area contributed by atoms with Crippen LogP contribution in [0.25, 0.3) is 0 Å². The smallest absolute Gasteiger partial charge is 0.131 e. The minimum Gasteiger partial charge on any atom is -0.387 e. The summed E-state index contributed by atoms with van der Waals surface area (Å²) in [6.07, 6.45) is 1.18. The van der Waals surface area contributed by atoms with Crippen molar-refractivity contribution >= 4 is 5.82 Å². The molecule has 0 amide bonds. The maximum atomic E-state index is 10.1. The van der Waals surface area contributed by atoms with E-state index in [0.717, 1.165) is 17.9 Å². The summed E-state index contributed by atoms with van der Waals surface area (Å²) in [5.74, 6) is 0.762. The van der Waals surface area contributed by atoms with Gasteiger partial charge in [-0.25, -0.2) is 4.98 Å². The van der Waals surface area contributed by atoms with Crippen molar-refractivity contribution in [1.29, 1.82) is 0 Å². The number of nitrogens with zero attached hydrogens (tertiary/aromatic N) is 1. The van der Waals surface area contributed by atoms with E-state index in [1.807, 2.05) is 19.1 Å². The minimum atomic E-state index is -0.544. The Balaban J connectivity index is 2.70. The van der Waals surface area contributed by atoms with Crippen LogP contribution in [0.3, 0.4) is 0 Å². The largest absolute Gasteiger partial charge is 0.387 e. The third kappa shape index (κ3) is 4.71. The topological polar surface area (TPSA) is 57.2 Å². The lowest BCUT2D eigenvalue weighted by molar-refractivity contribution is 0.163. The van der Waals surface area contributed by atoms with Gasteiger partial charge >= 0.3 is 0 Å². The van der Waals surface area contributed by atoms with E-state index >= 15 is 0 Å². The van der Waals surface area contributed by atoms with Crippen molar-refractivity contribution in [2.45, 2.75) is 39.3 Å². The fourth-order valence-corrected chi connectivity index (χ4v) is 1.51. The first-order valence-electron chi connectivity index (χ1n) is 6.06. The van der Waals surface area contributed by atoms with Gasteiger partial charge in [0.15, 0.2) is 0 Å². The molecule has 96 valence electrons. The number of pyridine rings is 1. The van der Waals surface area contributed by atoms with Crippen LogP contribution in [0.1, 0.15) is 39.4 Å². The molecule has 1 rings (SSSR count). The molecule has 1 atom stereocenters. The lowest BCUT2D eigenvalue weighted by atomic mass is 10.1. The first-order valence-corrected chi connectivity index (χ1v) is 6.06. The fraction of sp³-hybridized carbons (Fsp3) is 0.615. The van der Waals surface area contributed by atoms with Gasteiger partial charge < -0.3 is 15.7 Å². The summed E-state index contributed by atoms with van der Waals surface area (Å²) in [7, 11) is 0. The van der Waals surface area contributed by atoms with Crippen LogP contribution in [0.15, 0.2) is 18.3 Å². The second kappa shape index (κ2) is 5.98. The van der Waals surface area contributed by atoms with Crippen molar-refractivity contribution in [3.8, 4) is 0 Å². The SMILES string of the molecule is CCNc1ncccc1[C@@H](O)CNC(C)(C)C. The van der Waals surface area contributed by atoms with E-state index in [9.17, 15) is 5.11 Å². The molecule has 0 spiro atoms. The second-order valence-corrected chi connectivity index (χ2v) is 5.12. The van der Waals surface area contributed by atoms with Gasteiger partial charge in [0.1, 0.15) is 5.82 Å². The van der Waals surface area contributed by atoms with Crippen molar-refractivity contribution in [3.05, 3.63) is 23.9 Å². The van der Waals surface area contributed by atoms with Crippen LogP contribution in [0.2, 0.25) is 0 Å². The van der Waals surface area contributed by atoms with Crippen LogP contribution in [-0.2, 0) is 0 Å². The molecule has 0 aromatic carbocycles. The molecule has 1 aromatic heterocycles. The van der Waals surface area contributed by atoms with Crippen LogP contribution in [0.5, 0.6) is 0 Å². The van der Waals surface area contributed by atoms with Crippen LogP contribution in [-0.4, -0.2) is 28.7 Å². The van der Waals surface area contributed by atoms with Crippen LogP contribution < -0.4 is 10.6 Å². The van der Waals surface area contributed by atoms with Gasteiger partial charge in [0.05, 0.1) is 6.10 Å². The quantitative estimate of drug-likeness (QED) is 0.732. The number of hydrogen-bond acceptors (Lipinski definition) is 4. The van der Waals surface area contributed by atoms with E-state index < -0.39 is 6.10 Å². The molecule has 0 saturated carbocycles. The maximum absolute atomic E-state index is 10.1. The summed E-state index contributed by atoms with van der Waals surface area (Å²) in [6.45, 7) is 9.56. The van der Waals surface area contributed by atoms with Crippen LogP contribution in [0, 0.1) is 0 Å². The molecule has 17 heavy (non-hydrogen) atoms. The second-order valence-electron chi connectivity index (χ2n) is 5.12. The molecule has 0 unspecified atom stereocenters. The Hall–Kier alpha value is -1.13. The zero-order chi connectivity index (χ0) is 12.9. The maximum Gasteiger partial charge on any atom is 0.131 e. The van der Waals surface area contributed by atoms with Gasteiger partial charge in [-0.3, -0.25) is 0 Å². The van der Waals surface area contributed by atoms with Gasteiger partial charge in [0.25, 0.3) is 0 Å². The third-order valence-corrected chi connectivity index (χ3v) is 2.37. The van der Waals surface area contributed by atoms with Gasteiger partial charge in [0, 0.05) is 30.4 Å². The molecular weight excluding hydrogens is 214 g/mol. The molecule has 0 aliphatic carbocycles. The summed E-state index contributed by atoms with van der Waals surface area (Å²) in [5, 5.41) is 16.6. The Labute approximate surface area is 103 Å². The van der Waals surface area contributed by atoms with Gasteiger partial charge in [0.2, 0.25) is 0 Å². The summed E-state index contributed by atoms with van der Waals surface area (Å²) in [6, 6.07) is 3.75. The summed E-state index contributed by atoms with van der Waals surface area (Å²) >= 11 is 0. The van der Waals surface area contributed by atoms with Crippen molar-refractivity contribution in [2.75, 3.05) is 18.4 Å². The minimum absolute atomic E-state index is 0.00152. The standard InChI is InChI=1S/C13H23N3O/c1-5-14-12-10(7-6-8-15-12)11(17)9-16-13(2,3)4/h6-8,11,16-17H,5,9H2,1-4H3,(H,14,15)/t11-/m0/s1. The Morgan fingerprint density at radius 3 is 2.71 bits per heavy atom. The highest BCUT2D eigenvalue weighted by Gasteiger charge is 2.16. The Morgan fingerprint density at radius 1 is 1.41 bits per heavy atom. The van der Waals surface area contributed by atoms with Crippen LogP contribution in [0.4, 0.5) is 5.82 Å². The van der Waals surface area contributed by atoms with Gasteiger partial charge in [-0.1, -0.05) is 6.07 Å². The number of anilines is 1. The summed E-state index contributed by atoms with van der Waals surface area (Å²) in [5.41, 5.74) is 0.841. The molecule has 0 aliphatic heterocycles. The number of β-amino-alcohol motifs (C(OH)–C–C–N with tert-alkyl or cyclic N) is 1. The Morgan fingerprint density at radius 2 is 2.12 bits per heavy atom. The number of rotatable bonds is 5. The fourth-order valence-electron chi connectivity index (χ4n) is 1.51. The van der Waals surface area contributed by atoms with Crippen molar-refractivity contribution < 1.29 is 5.11 Å². The normalized spacial score (nSPS) is 13.5. The van der Waals surface area contributed by atoms with Crippen molar-refractivity contribution in [3.63, 3.8) is 0 Å². The zero-order valence-corrected chi connectivity index (χ0v) is 11.1. The Kier molecular flexibility index (Phi) is 4.90. The van der Waals surface area contributed by atoms with E-state index in [-0.39, 0.29) is 5.54 Å². The number of nitrogens with one attached hydrogen (secondary N) is 2. The summed E-state index contributed by atoms with van der Waals surface area (Å²) in [4.78, 5) is 4.24. The van der Waals surface area contributed by atoms with Gasteiger partial charge in [-0.2, -0.15) is 0 Å². The highest BCUT2D eigenvalue weighted by molar-refractivity contribution is 5.45. The van der Waals surface area contributed by atoms with Gasteiger partial charge in [-0.15, -0.1) is 0 Å². The van der Waals surface area contributed by atoms with E-state index in [0.29, 0.717) is 6.54 Å². The zero-order valence-electron chi connectivity index (χ0n) is 11.1. The lowest BCUT2D eigenvalue weighted by Gasteiger charge is -2.23. The number of aromatic nitrogens is 1. The molecule has 0 radical (unpaired) electrons. The van der Waals surface area contributed by atoms with E-state index in [4.69, 9.17) is 0 Å². The van der Waals surface area contributed by atoms with Crippen molar-refractivity contribution in [1.82, 2.24) is 10.3 Å². The molecule has 0 fully saturated rings. The monoisotopic (exact) mass is 237 g/mol. The van der Waals surface area contributed by atoms with Crippen LogP contribution >= 0.6 is 0 Å². The highest BCUT2D eigenvalue weighted by atomic mass is 16.3. The molecule has 0 bridgehead atoms. The van der Waals surface area contributed by atoms with Crippen molar-refractivity contribution in [2.24, 2.45) is 0 Å². The lowest BCUT2D eigenvalue weighted by Crippen LogP contribution is -2.38. The number of hydrogen-bond donors (Lipinski definition) is 3. The van der Waals surface area contributed by atoms with E-state index in [1.165, 1.54) is 0 Å². The average Bonchev–Trinajstić information content (AvgIpc) is 2.26. The predicted octanol–water partition coefficient (Wildman–Crippen LogP) is 1.93. The third-order valence-electron chi connectivity index (χ3n) is 2.37. The molecule has 4 nitrogen and oxygen atoms in total. The van der Waals surface area contributed by atoms with E-state index in [1.54, 1.807) is 6.20 Å². The molecule has 1 heterocycles. The molecule has 0 aliphatic rings. The first-order chi connectivity index (χ1) is 7.94. The number of aliphatic hydroxyl groups excluding tert-OH is 1. The summed E-state index contributed by atoms with van der Waals surface area (Å²) < 4.78 is 0. The number of aliphatic hydroxyl groups is 1. The Bertz CT molecular complexity index is 347. The molecule has 1 aromatic rings. The van der Waals surface area contributed by atoms with Gasteiger partial charge in [-0.05, 0) is 33.8 Å². The first kappa shape index (κ1) is 13.9. The molecule has 3 N–H and O–H groups in total. The predicted molar refractivity (Wildman–Crippen MR) is 71.1 cm³/mol. The molecule has 0 saturated heterocycles. The molecular formula is C13H23N3O. The van der Waals surface area contributed by atoms with E-state index in [2.05, 4.69) is 36.4 Å². The average molecular weight is 237 g/mol. The highest BCUT2D eigenvalue weighted by Crippen LogP contribution is 2.20. The molecule has 4 heteroatoms.